The first-order valence-corrected chi connectivity index (χ1v) is 13.5. The molecule has 2 amide bonds. The second-order valence-corrected chi connectivity index (χ2v) is 10.6. The molecule has 0 aliphatic carbocycles. The second-order valence-electron chi connectivity index (χ2n) is 10.2. The van der Waals surface area contributed by atoms with Crippen molar-refractivity contribution in [1.29, 1.82) is 0 Å². The third kappa shape index (κ3) is 5.74. The molecule has 3 N–H and O–H groups in total. The minimum atomic E-state index is -0.0723. The monoisotopic (exact) mass is 557 g/mol. The maximum absolute atomic E-state index is 13.1. The summed E-state index contributed by atoms with van der Waals surface area (Å²) >= 11 is 6.37. The highest BCUT2D eigenvalue weighted by atomic mass is 35.5. The number of aryl methyl sites for hydroxylation is 3. The highest BCUT2D eigenvalue weighted by molar-refractivity contribution is 6.32. The quantitative estimate of drug-likeness (QED) is 0.338. The SMILES string of the molecule is Cn1cc(C(=O)N2CC[C@@H](CC(=O)Nc3ccc4cc3CCc3cncc(c3)Nc3ncc(Cl)c(n3)N4)C2)cn1. The Morgan fingerprint density at radius 1 is 1.10 bits per heavy atom. The summed E-state index contributed by atoms with van der Waals surface area (Å²) in [5.74, 6) is 0.854. The molecule has 0 spiro atoms. The van der Waals surface area contributed by atoms with Crippen molar-refractivity contribution in [1.82, 2.24) is 29.6 Å². The van der Waals surface area contributed by atoms with E-state index in [4.69, 9.17) is 11.6 Å². The third-order valence-electron chi connectivity index (χ3n) is 7.12. The summed E-state index contributed by atoms with van der Waals surface area (Å²) in [7, 11) is 1.78. The molecule has 0 saturated carbocycles. The van der Waals surface area contributed by atoms with E-state index >= 15 is 0 Å². The number of hydrogen-bond acceptors (Lipinski definition) is 8. The van der Waals surface area contributed by atoms with E-state index in [2.05, 4.69) is 36.0 Å². The third-order valence-corrected chi connectivity index (χ3v) is 7.40. The van der Waals surface area contributed by atoms with E-state index in [1.807, 2.05) is 30.5 Å². The molecule has 12 heteroatoms. The molecule has 1 aromatic carbocycles. The van der Waals surface area contributed by atoms with Gasteiger partial charge in [0.2, 0.25) is 11.9 Å². The largest absolute Gasteiger partial charge is 0.339 e. The predicted octanol–water partition coefficient (Wildman–Crippen LogP) is 4.34. The fraction of sp³-hybridized carbons (Fsp3) is 0.286. The van der Waals surface area contributed by atoms with E-state index < -0.39 is 0 Å². The van der Waals surface area contributed by atoms with Gasteiger partial charge < -0.3 is 20.9 Å². The van der Waals surface area contributed by atoms with Gasteiger partial charge >= 0.3 is 0 Å². The Hall–Kier alpha value is -4.51. The number of benzene rings is 1. The highest BCUT2D eigenvalue weighted by Crippen LogP contribution is 2.30. The van der Waals surface area contributed by atoms with Crippen LogP contribution in [0.25, 0.3) is 0 Å². The number of halogens is 1. The average Bonchev–Trinajstić information content (AvgIpc) is 3.59. The van der Waals surface area contributed by atoms with Crippen molar-refractivity contribution < 1.29 is 9.59 Å². The van der Waals surface area contributed by atoms with Crippen molar-refractivity contribution in [2.75, 3.05) is 29.0 Å². The molecule has 3 aromatic heterocycles. The van der Waals surface area contributed by atoms with E-state index in [0.29, 0.717) is 48.3 Å². The number of aromatic nitrogens is 5. The zero-order chi connectivity index (χ0) is 27.6. The first-order valence-electron chi connectivity index (χ1n) is 13.1. The van der Waals surface area contributed by atoms with Crippen LogP contribution in [0, 0.1) is 5.92 Å². The molecule has 11 nitrogen and oxygen atoms in total. The Morgan fingerprint density at radius 3 is 2.85 bits per heavy atom. The Labute approximate surface area is 236 Å². The molecule has 1 saturated heterocycles. The predicted molar refractivity (Wildman–Crippen MR) is 152 cm³/mol. The van der Waals surface area contributed by atoms with Crippen LogP contribution in [-0.4, -0.2) is 54.5 Å². The van der Waals surface area contributed by atoms with Crippen molar-refractivity contribution in [2.24, 2.45) is 13.0 Å². The minimum absolute atomic E-state index is 0.0463. The van der Waals surface area contributed by atoms with Gasteiger partial charge in [0.1, 0.15) is 5.02 Å². The number of rotatable bonds is 4. The number of anilines is 5. The van der Waals surface area contributed by atoms with Crippen LogP contribution in [0.4, 0.5) is 28.8 Å². The first-order chi connectivity index (χ1) is 19.4. The lowest BCUT2D eigenvalue weighted by molar-refractivity contribution is -0.117. The Balaban J connectivity index is 1.18. The number of hydrogen-bond donors (Lipinski definition) is 3. The molecule has 204 valence electrons. The summed E-state index contributed by atoms with van der Waals surface area (Å²) < 4.78 is 1.61. The van der Waals surface area contributed by atoms with Crippen molar-refractivity contribution in [3.63, 3.8) is 0 Å². The molecular formula is C28H28ClN9O2. The number of amides is 2. The molecule has 1 atom stereocenters. The zero-order valence-electron chi connectivity index (χ0n) is 21.9. The lowest BCUT2D eigenvalue weighted by atomic mass is 10.0. The molecule has 1 fully saturated rings. The van der Waals surface area contributed by atoms with E-state index in [-0.39, 0.29) is 17.7 Å². The van der Waals surface area contributed by atoms with Crippen molar-refractivity contribution >= 4 is 52.2 Å². The molecule has 0 unspecified atom stereocenters. The van der Waals surface area contributed by atoms with Gasteiger partial charge in [-0.05, 0) is 60.6 Å². The molecule has 2 aliphatic heterocycles. The maximum Gasteiger partial charge on any atom is 0.257 e. The smallest absolute Gasteiger partial charge is 0.257 e. The summed E-state index contributed by atoms with van der Waals surface area (Å²) in [5, 5.41) is 14.0. The Morgan fingerprint density at radius 2 is 2.00 bits per heavy atom. The molecule has 5 heterocycles. The van der Waals surface area contributed by atoms with E-state index in [1.54, 1.807) is 41.4 Å². The summed E-state index contributed by atoms with van der Waals surface area (Å²) in [6.07, 6.45) is 10.9. The summed E-state index contributed by atoms with van der Waals surface area (Å²) in [4.78, 5) is 40.8. The van der Waals surface area contributed by atoms with Gasteiger partial charge in [-0.25, -0.2) is 4.98 Å². The molecule has 6 bridgehead atoms. The topological polar surface area (TPSA) is 130 Å². The average molecular weight is 558 g/mol. The lowest BCUT2D eigenvalue weighted by Crippen LogP contribution is -2.29. The Kier molecular flexibility index (Phi) is 7.04. The fourth-order valence-electron chi connectivity index (χ4n) is 5.11. The molecule has 6 rings (SSSR count). The normalized spacial score (nSPS) is 16.1. The minimum Gasteiger partial charge on any atom is -0.339 e. The second kappa shape index (κ2) is 10.9. The van der Waals surface area contributed by atoms with Crippen LogP contribution >= 0.6 is 11.6 Å². The van der Waals surface area contributed by atoms with Crippen LogP contribution in [0.1, 0.15) is 34.3 Å². The van der Waals surface area contributed by atoms with Gasteiger partial charge in [-0.3, -0.25) is 19.3 Å². The highest BCUT2D eigenvalue weighted by Gasteiger charge is 2.29. The van der Waals surface area contributed by atoms with E-state index in [0.717, 1.165) is 41.0 Å². The number of carbonyl (C=O) groups excluding carboxylic acids is 2. The van der Waals surface area contributed by atoms with Gasteiger partial charge in [0, 0.05) is 50.3 Å². The van der Waals surface area contributed by atoms with Crippen LogP contribution < -0.4 is 16.0 Å². The number of nitrogens with one attached hydrogen (secondary N) is 3. The fourth-order valence-corrected chi connectivity index (χ4v) is 5.25. The van der Waals surface area contributed by atoms with Gasteiger partial charge in [0.25, 0.3) is 5.91 Å². The van der Waals surface area contributed by atoms with Gasteiger partial charge in [-0.1, -0.05) is 11.6 Å². The van der Waals surface area contributed by atoms with E-state index in [9.17, 15) is 9.59 Å². The van der Waals surface area contributed by atoms with Gasteiger partial charge in [0.15, 0.2) is 5.82 Å². The van der Waals surface area contributed by atoms with Crippen LogP contribution in [-0.2, 0) is 24.7 Å². The molecule has 4 aromatic rings. The molecule has 0 radical (unpaired) electrons. The number of likely N-dealkylation sites (tertiary alicyclic amines) is 1. The van der Waals surface area contributed by atoms with Gasteiger partial charge in [-0.15, -0.1) is 0 Å². The molecule has 40 heavy (non-hydrogen) atoms. The van der Waals surface area contributed by atoms with E-state index in [1.165, 1.54) is 0 Å². The number of carbonyl (C=O) groups is 2. The van der Waals surface area contributed by atoms with Crippen molar-refractivity contribution in [3.05, 3.63) is 77.0 Å². The lowest BCUT2D eigenvalue weighted by Gasteiger charge is -2.17. The van der Waals surface area contributed by atoms with Crippen molar-refractivity contribution in [3.8, 4) is 0 Å². The van der Waals surface area contributed by atoms with Crippen LogP contribution in [0.15, 0.2) is 55.2 Å². The standard InChI is InChI=1S/C28H28ClN9O2/c1-37-16-20(12-32-37)27(40)38-7-6-18(15-38)9-25(39)35-24-5-4-21-10-19(24)3-2-17-8-22(13-30-11-17)34-28-31-14-23(29)26(33-21)36-28/h4-5,8,10-14,16,18H,2-3,6-7,9,15H2,1H3,(H,35,39)(H2,31,33,34,36)/t18-/m0/s1. The number of fused-ring (bicyclic) bond motifs is 6. The molecular weight excluding hydrogens is 530 g/mol. The van der Waals surface area contributed by atoms with Gasteiger partial charge in [-0.2, -0.15) is 10.1 Å². The van der Waals surface area contributed by atoms with Crippen LogP contribution in [0.5, 0.6) is 0 Å². The maximum atomic E-state index is 13.1. The number of nitrogens with zero attached hydrogens (tertiary/aromatic N) is 6. The van der Waals surface area contributed by atoms with Crippen LogP contribution in [0.3, 0.4) is 0 Å². The Bertz CT molecular complexity index is 1590. The number of pyridine rings is 1. The summed E-state index contributed by atoms with van der Waals surface area (Å²) in [6.45, 7) is 1.18. The molecule has 2 aliphatic rings. The summed E-state index contributed by atoms with van der Waals surface area (Å²) in [6, 6.07) is 7.79. The van der Waals surface area contributed by atoms with Gasteiger partial charge in [0.05, 0.1) is 29.8 Å². The summed E-state index contributed by atoms with van der Waals surface area (Å²) in [5.41, 5.74) is 4.90. The van der Waals surface area contributed by atoms with Crippen molar-refractivity contribution in [2.45, 2.75) is 25.7 Å². The zero-order valence-corrected chi connectivity index (χ0v) is 22.6. The first kappa shape index (κ1) is 25.8. The van der Waals surface area contributed by atoms with Crippen LogP contribution in [0.2, 0.25) is 5.02 Å².